The third-order valence-corrected chi connectivity index (χ3v) is 4.36. The van der Waals surface area contributed by atoms with Crippen LogP contribution in [0.2, 0.25) is 0 Å². The lowest BCUT2D eigenvalue weighted by molar-refractivity contribution is -0.130. The molecule has 0 aliphatic heterocycles. The second-order valence-electron chi connectivity index (χ2n) is 4.87. The molecule has 0 saturated heterocycles. The zero-order chi connectivity index (χ0) is 15.8. The van der Waals surface area contributed by atoms with Gasteiger partial charge in [-0.1, -0.05) is 12.1 Å². The molecular formula is C15H25ClN2O3S. The molecule has 22 heavy (non-hydrogen) atoms. The molecule has 0 spiro atoms. The second-order valence-corrected chi connectivity index (χ2v) is 6.25. The molecule has 126 valence electrons. The molecule has 1 N–H and O–H groups in total. The van der Waals surface area contributed by atoms with Crippen molar-refractivity contribution in [2.24, 2.45) is 0 Å². The van der Waals surface area contributed by atoms with Crippen LogP contribution in [-0.4, -0.2) is 55.1 Å². The Hall–Kier alpha value is -0.950. The fourth-order valence-corrected chi connectivity index (χ4v) is 2.39. The number of hydrogen-bond acceptors (Lipinski definition) is 4. The summed E-state index contributed by atoms with van der Waals surface area (Å²) in [5, 5.41) is 3.04. The third-order valence-electron chi connectivity index (χ3n) is 3.43. The van der Waals surface area contributed by atoms with Crippen molar-refractivity contribution in [1.29, 1.82) is 0 Å². The Morgan fingerprint density at radius 2 is 1.95 bits per heavy atom. The quantitative estimate of drug-likeness (QED) is 0.725. The summed E-state index contributed by atoms with van der Waals surface area (Å²) in [5.74, 6) is 0.0294. The molecule has 0 aliphatic carbocycles. The first-order valence-electron chi connectivity index (χ1n) is 6.86. The molecule has 0 aliphatic rings. The number of amides is 1. The Bertz CT molecular complexity index is 482. The van der Waals surface area contributed by atoms with Crippen molar-refractivity contribution < 1.29 is 13.7 Å². The number of halogens is 1. The number of nitrogens with zero attached hydrogens (tertiary/aromatic N) is 1. The number of methoxy groups -OCH3 is 1. The molecule has 0 saturated carbocycles. The standard InChI is InChI=1S/C15H24N2O3S.ClH/c1-12(13-5-7-14(8-6-13)21(4)19)17(2)15(18)11-16-9-10-20-3;/h5-8,12,16H,9-11H2,1-4H3;1H. The number of rotatable bonds is 8. The number of carbonyl (C=O) groups is 1. The molecule has 0 radical (unpaired) electrons. The normalized spacial score (nSPS) is 13.1. The minimum atomic E-state index is -0.979. The lowest BCUT2D eigenvalue weighted by atomic mass is 10.1. The largest absolute Gasteiger partial charge is 0.383 e. The molecule has 2 atom stereocenters. The van der Waals surface area contributed by atoms with E-state index in [-0.39, 0.29) is 24.4 Å². The smallest absolute Gasteiger partial charge is 0.236 e. The van der Waals surface area contributed by atoms with E-state index in [1.807, 2.05) is 31.2 Å². The van der Waals surface area contributed by atoms with E-state index in [0.29, 0.717) is 19.7 Å². The van der Waals surface area contributed by atoms with Crippen molar-refractivity contribution in [2.75, 3.05) is 40.1 Å². The first-order chi connectivity index (χ1) is 9.97. The van der Waals surface area contributed by atoms with Crippen LogP contribution in [0.4, 0.5) is 0 Å². The van der Waals surface area contributed by atoms with E-state index in [4.69, 9.17) is 4.74 Å². The van der Waals surface area contributed by atoms with E-state index in [9.17, 15) is 9.00 Å². The molecule has 0 heterocycles. The third kappa shape index (κ3) is 6.44. The molecule has 0 fully saturated rings. The number of benzene rings is 1. The molecule has 0 bridgehead atoms. The first-order valence-corrected chi connectivity index (χ1v) is 8.42. The molecule has 1 aromatic rings. The fourth-order valence-electron chi connectivity index (χ4n) is 1.87. The minimum Gasteiger partial charge on any atom is -0.383 e. The van der Waals surface area contributed by atoms with Crippen molar-refractivity contribution in [3.63, 3.8) is 0 Å². The monoisotopic (exact) mass is 348 g/mol. The van der Waals surface area contributed by atoms with Gasteiger partial charge in [0.15, 0.2) is 0 Å². The average molecular weight is 349 g/mol. The Labute approximate surface area is 141 Å². The van der Waals surface area contributed by atoms with Crippen molar-refractivity contribution >= 4 is 29.1 Å². The van der Waals surface area contributed by atoms with Gasteiger partial charge < -0.3 is 15.0 Å². The number of carbonyl (C=O) groups excluding carboxylic acids is 1. The summed E-state index contributed by atoms with van der Waals surface area (Å²) >= 11 is 0. The van der Waals surface area contributed by atoms with Gasteiger partial charge in [-0.15, -0.1) is 12.4 Å². The van der Waals surface area contributed by atoms with Crippen molar-refractivity contribution in [2.45, 2.75) is 17.9 Å². The molecule has 7 heteroatoms. The van der Waals surface area contributed by atoms with Gasteiger partial charge in [0.05, 0.1) is 19.2 Å². The van der Waals surface area contributed by atoms with Crippen LogP contribution in [0.5, 0.6) is 0 Å². The molecule has 0 aromatic heterocycles. The van der Waals surface area contributed by atoms with Gasteiger partial charge in [-0.3, -0.25) is 9.00 Å². The van der Waals surface area contributed by atoms with E-state index in [1.54, 1.807) is 25.3 Å². The topological polar surface area (TPSA) is 58.6 Å². The van der Waals surface area contributed by atoms with E-state index in [1.165, 1.54) is 0 Å². The zero-order valence-electron chi connectivity index (χ0n) is 13.5. The van der Waals surface area contributed by atoms with Gasteiger partial charge in [-0.2, -0.15) is 0 Å². The van der Waals surface area contributed by atoms with Gasteiger partial charge in [-0.25, -0.2) is 0 Å². The maximum atomic E-state index is 12.1. The summed E-state index contributed by atoms with van der Waals surface area (Å²) in [6.07, 6.45) is 1.65. The maximum Gasteiger partial charge on any atom is 0.236 e. The molecule has 2 unspecified atom stereocenters. The maximum absolute atomic E-state index is 12.1. The van der Waals surface area contributed by atoms with Crippen LogP contribution in [0.15, 0.2) is 29.2 Å². The van der Waals surface area contributed by atoms with Gasteiger partial charge >= 0.3 is 0 Å². The number of hydrogen-bond donors (Lipinski definition) is 1. The van der Waals surface area contributed by atoms with Crippen molar-refractivity contribution in [1.82, 2.24) is 10.2 Å². The number of nitrogens with one attached hydrogen (secondary N) is 1. The predicted octanol–water partition coefficient (Wildman–Crippen LogP) is 1.60. The molecule has 5 nitrogen and oxygen atoms in total. The van der Waals surface area contributed by atoms with Gasteiger partial charge in [0.25, 0.3) is 0 Å². The van der Waals surface area contributed by atoms with Crippen LogP contribution in [0.3, 0.4) is 0 Å². The van der Waals surface area contributed by atoms with Crippen LogP contribution in [0.1, 0.15) is 18.5 Å². The van der Waals surface area contributed by atoms with Crippen LogP contribution in [0, 0.1) is 0 Å². The highest BCUT2D eigenvalue weighted by molar-refractivity contribution is 7.84. The van der Waals surface area contributed by atoms with Gasteiger partial charge in [0.2, 0.25) is 5.91 Å². The Morgan fingerprint density at radius 1 is 1.36 bits per heavy atom. The summed E-state index contributed by atoms with van der Waals surface area (Å²) < 4.78 is 16.3. The molecule has 1 rings (SSSR count). The lowest BCUT2D eigenvalue weighted by Crippen LogP contribution is -2.38. The lowest BCUT2D eigenvalue weighted by Gasteiger charge is -2.25. The molecular weight excluding hydrogens is 324 g/mol. The van der Waals surface area contributed by atoms with E-state index >= 15 is 0 Å². The summed E-state index contributed by atoms with van der Waals surface area (Å²) in [5.41, 5.74) is 1.02. The Balaban J connectivity index is 0.00000441. The summed E-state index contributed by atoms with van der Waals surface area (Å²) in [6.45, 7) is 3.51. The van der Waals surface area contributed by atoms with Crippen molar-refractivity contribution in [3.8, 4) is 0 Å². The SMILES string of the molecule is COCCNCC(=O)N(C)C(C)c1ccc(S(C)=O)cc1.Cl. The Morgan fingerprint density at radius 3 is 2.45 bits per heavy atom. The van der Waals surface area contributed by atoms with Crippen molar-refractivity contribution in [3.05, 3.63) is 29.8 Å². The van der Waals surface area contributed by atoms with E-state index < -0.39 is 10.8 Å². The van der Waals surface area contributed by atoms with Crippen LogP contribution >= 0.6 is 12.4 Å². The van der Waals surface area contributed by atoms with Gasteiger partial charge in [-0.05, 0) is 24.6 Å². The average Bonchev–Trinajstić information content (AvgIpc) is 2.50. The van der Waals surface area contributed by atoms with Crippen LogP contribution < -0.4 is 5.32 Å². The Kier molecular flexibility index (Phi) is 10.3. The fraction of sp³-hybridized carbons (Fsp3) is 0.533. The minimum absolute atomic E-state index is 0. The highest BCUT2D eigenvalue weighted by Gasteiger charge is 2.17. The summed E-state index contributed by atoms with van der Waals surface area (Å²) in [4.78, 5) is 14.6. The highest BCUT2D eigenvalue weighted by Crippen LogP contribution is 2.20. The number of ether oxygens (including phenoxy) is 1. The molecule has 1 aromatic carbocycles. The van der Waals surface area contributed by atoms with Gasteiger partial charge in [0.1, 0.15) is 0 Å². The molecule has 1 amide bonds. The number of likely N-dealkylation sites (N-methyl/N-ethyl adjacent to an activating group) is 1. The predicted molar refractivity (Wildman–Crippen MR) is 92.0 cm³/mol. The second kappa shape index (κ2) is 10.7. The van der Waals surface area contributed by atoms with Gasteiger partial charge in [0, 0.05) is 42.7 Å². The summed E-state index contributed by atoms with van der Waals surface area (Å²) in [7, 11) is 2.44. The summed E-state index contributed by atoms with van der Waals surface area (Å²) in [6, 6.07) is 7.50. The van der Waals surface area contributed by atoms with E-state index in [2.05, 4.69) is 5.32 Å². The van der Waals surface area contributed by atoms with Crippen LogP contribution in [0.25, 0.3) is 0 Å². The zero-order valence-corrected chi connectivity index (χ0v) is 15.1. The van der Waals surface area contributed by atoms with Crippen LogP contribution in [-0.2, 0) is 20.3 Å². The highest BCUT2D eigenvalue weighted by atomic mass is 35.5. The first kappa shape index (κ1) is 21.0. The van der Waals surface area contributed by atoms with E-state index in [0.717, 1.165) is 10.5 Å².